The summed E-state index contributed by atoms with van der Waals surface area (Å²) in [6, 6.07) is 10.0. The first kappa shape index (κ1) is 13.1. The quantitative estimate of drug-likeness (QED) is 0.790. The summed E-state index contributed by atoms with van der Waals surface area (Å²) >= 11 is 0. The van der Waals surface area contributed by atoms with Gasteiger partial charge >= 0.3 is 0 Å². The Balaban J connectivity index is 1.66. The van der Waals surface area contributed by atoms with E-state index in [1.54, 1.807) is 4.68 Å². The highest BCUT2D eigenvalue weighted by Crippen LogP contribution is 2.33. The van der Waals surface area contributed by atoms with Crippen LogP contribution >= 0.6 is 0 Å². The van der Waals surface area contributed by atoms with Crippen molar-refractivity contribution in [2.45, 2.75) is 18.9 Å². The Morgan fingerprint density at radius 1 is 1.36 bits per heavy atom. The molecule has 4 rings (SSSR count). The van der Waals surface area contributed by atoms with Gasteiger partial charge in [0.2, 0.25) is 0 Å². The highest BCUT2D eigenvalue weighted by atomic mass is 16.2. The molecule has 1 aliphatic heterocycles. The number of amides is 1. The lowest BCUT2D eigenvalue weighted by Gasteiger charge is -2.23. The lowest BCUT2D eigenvalue weighted by atomic mass is 10.1. The SMILES string of the molecule is Cn1cc(C2CCCN2C(=O)c2cc3ccccc3[nH]2)cn1. The average Bonchev–Trinajstić information content (AvgIpc) is 3.24. The fraction of sp³-hybridized carbons (Fsp3) is 0.294. The predicted molar refractivity (Wildman–Crippen MR) is 84.5 cm³/mol. The largest absolute Gasteiger partial charge is 0.351 e. The first-order valence-electron chi connectivity index (χ1n) is 7.59. The summed E-state index contributed by atoms with van der Waals surface area (Å²) in [5, 5.41) is 5.31. The van der Waals surface area contributed by atoms with Crippen molar-refractivity contribution < 1.29 is 4.79 Å². The van der Waals surface area contributed by atoms with Crippen LogP contribution in [0, 0.1) is 0 Å². The minimum Gasteiger partial charge on any atom is -0.351 e. The highest BCUT2D eigenvalue weighted by Gasteiger charge is 2.32. The molecule has 1 saturated heterocycles. The fourth-order valence-corrected chi connectivity index (χ4v) is 3.31. The Morgan fingerprint density at radius 2 is 2.23 bits per heavy atom. The standard InChI is InChI=1S/C17H18N4O/c1-20-11-13(10-18-20)16-7-4-8-21(16)17(22)15-9-12-5-2-3-6-14(12)19-15/h2-3,5-6,9-11,16,19H,4,7-8H2,1H3. The molecule has 0 radical (unpaired) electrons. The molecule has 1 aliphatic rings. The van der Waals surface area contributed by atoms with Crippen LogP contribution in [0.25, 0.3) is 10.9 Å². The van der Waals surface area contributed by atoms with Crippen molar-refractivity contribution in [1.29, 1.82) is 0 Å². The predicted octanol–water partition coefficient (Wildman–Crippen LogP) is 2.88. The van der Waals surface area contributed by atoms with Gasteiger partial charge in [0.15, 0.2) is 0 Å². The number of carbonyl (C=O) groups is 1. The lowest BCUT2D eigenvalue weighted by Crippen LogP contribution is -2.30. The van der Waals surface area contributed by atoms with Gasteiger partial charge in [-0.15, -0.1) is 0 Å². The van der Waals surface area contributed by atoms with Crippen molar-refractivity contribution >= 4 is 16.8 Å². The maximum absolute atomic E-state index is 12.9. The summed E-state index contributed by atoms with van der Waals surface area (Å²) in [5.74, 6) is 0.0718. The normalized spacial score (nSPS) is 18.2. The summed E-state index contributed by atoms with van der Waals surface area (Å²) in [4.78, 5) is 18.1. The van der Waals surface area contributed by atoms with Gasteiger partial charge in [-0.1, -0.05) is 18.2 Å². The second-order valence-electron chi connectivity index (χ2n) is 5.87. The van der Waals surface area contributed by atoms with E-state index >= 15 is 0 Å². The van der Waals surface area contributed by atoms with Crippen LogP contribution in [0.3, 0.4) is 0 Å². The van der Waals surface area contributed by atoms with Crippen LogP contribution in [0.1, 0.15) is 34.9 Å². The molecule has 5 nitrogen and oxygen atoms in total. The molecular formula is C17H18N4O. The molecule has 112 valence electrons. The van der Waals surface area contributed by atoms with Crippen LogP contribution in [-0.2, 0) is 7.05 Å². The van der Waals surface area contributed by atoms with Gasteiger partial charge in [-0.3, -0.25) is 9.48 Å². The number of aromatic amines is 1. The van der Waals surface area contributed by atoms with Crippen molar-refractivity contribution in [1.82, 2.24) is 19.7 Å². The van der Waals surface area contributed by atoms with E-state index in [1.165, 1.54) is 0 Å². The molecule has 1 unspecified atom stereocenters. The first-order valence-corrected chi connectivity index (χ1v) is 7.59. The first-order chi connectivity index (χ1) is 10.7. The van der Waals surface area contributed by atoms with E-state index < -0.39 is 0 Å². The van der Waals surface area contributed by atoms with Crippen LogP contribution < -0.4 is 0 Å². The molecule has 1 amide bonds. The van der Waals surface area contributed by atoms with E-state index in [1.807, 2.05) is 54.7 Å². The van der Waals surface area contributed by atoms with E-state index in [9.17, 15) is 4.79 Å². The smallest absolute Gasteiger partial charge is 0.270 e. The Bertz CT molecular complexity index is 799. The van der Waals surface area contributed by atoms with E-state index in [0.717, 1.165) is 35.9 Å². The van der Waals surface area contributed by atoms with Gasteiger partial charge in [0.1, 0.15) is 5.69 Å². The summed E-state index contributed by atoms with van der Waals surface area (Å²) < 4.78 is 1.79. The van der Waals surface area contributed by atoms with E-state index in [2.05, 4.69) is 10.1 Å². The number of H-pyrrole nitrogens is 1. The maximum Gasteiger partial charge on any atom is 0.270 e. The number of fused-ring (bicyclic) bond motifs is 1. The number of benzene rings is 1. The van der Waals surface area contributed by atoms with Gasteiger partial charge < -0.3 is 9.88 Å². The fourth-order valence-electron chi connectivity index (χ4n) is 3.31. The van der Waals surface area contributed by atoms with Crippen molar-refractivity contribution in [3.63, 3.8) is 0 Å². The van der Waals surface area contributed by atoms with Crippen molar-refractivity contribution in [2.75, 3.05) is 6.54 Å². The van der Waals surface area contributed by atoms with Crippen LogP contribution in [0.15, 0.2) is 42.7 Å². The number of hydrogen-bond acceptors (Lipinski definition) is 2. The molecule has 5 heteroatoms. The molecule has 1 atom stereocenters. The molecule has 1 fully saturated rings. The van der Waals surface area contributed by atoms with Gasteiger partial charge in [-0.05, 0) is 25.0 Å². The number of likely N-dealkylation sites (tertiary alicyclic amines) is 1. The topological polar surface area (TPSA) is 53.9 Å². The summed E-state index contributed by atoms with van der Waals surface area (Å²) in [6.07, 6.45) is 5.89. The molecule has 0 saturated carbocycles. The van der Waals surface area contributed by atoms with Gasteiger partial charge in [-0.2, -0.15) is 5.10 Å². The van der Waals surface area contributed by atoms with E-state index in [0.29, 0.717) is 5.69 Å². The number of aryl methyl sites for hydroxylation is 1. The molecule has 0 aliphatic carbocycles. The number of para-hydroxylation sites is 1. The highest BCUT2D eigenvalue weighted by molar-refractivity contribution is 5.98. The summed E-state index contributed by atoms with van der Waals surface area (Å²) in [5.41, 5.74) is 2.78. The Morgan fingerprint density at radius 3 is 3.00 bits per heavy atom. The third kappa shape index (κ3) is 2.09. The van der Waals surface area contributed by atoms with Crippen molar-refractivity contribution in [3.8, 4) is 0 Å². The number of carbonyl (C=O) groups excluding carboxylic acids is 1. The third-order valence-corrected chi connectivity index (χ3v) is 4.38. The van der Waals surface area contributed by atoms with Gasteiger partial charge in [0.05, 0.1) is 12.2 Å². The number of nitrogens with zero attached hydrogens (tertiary/aromatic N) is 3. The van der Waals surface area contributed by atoms with E-state index in [4.69, 9.17) is 0 Å². The molecule has 1 N–H and O–H groups in total. The zero-order valence-corrected chi connectivity index (χ0v) is 12.5. The Hall–Kier alpha value is -2.56. The monoisotopic (exact) mass is 294 g/mol. The van der Waals surface area contributed by atoms with Gasteiger partial charge in [0, 0.05) is 36.3 Å². The molecular weight excluding hydrogens is 276 g/mol. The second kappa shape index (κ2) is 5.02. The van der Waals surface area contributed by atoms with Crippen molar-refractivity contribution in [3.05, 3.63) is 54.0 Å². The van der Waals surface area contributed by atoms with Crippen LogP contribution in [0.2, 0.25) is 0 Å². The summed E-state index contributed by atoms with van der Waals surface area (Å²) in [7, 11) is 1.91. The van der Waals surface area contributed by atoms with Crippen LogP contribution in [0.5, 0.6) is 0 Å². The van der Waals surface area contributed by atoms with Gasteiger partial charge in [-0.25, -0.2) is 0 Å². The third-order valence-electron chi connectivity index (χ3n) is 4.38. The average molecular weight is 294 g/mol. The second-order valence-corrected chi connectivity index (χ2v) is 5.87. The van der Waals surface area contributed by atoms with Gasteiger partial charge in [0.25, 0.3) is 5.91 Å². The Labute approximate surface area is 128 Å². The molecule has 1 aromatic carbocycles. The number of rotatable bonds is 2. The minimum atomic E-state index is 0.0718. The van der Waals surface area contributed by atoms with Crippen LogP contribution in [-0.4, -0.2) is 32.1 Å². The number of nitrogens with one attached hydrogen (secondary N) is 1. The zero-order valence-electron chi connectivity index (χ0n) is 12.5. The summed E-state index contributed by atoms with van der Waals surface area (Å²) in [6.45, 7) is 0.799. The minimum absolute atomic E-state index is 0.0718. The Kier molecular flexibility index (Phi) is 2.99. The molecule has 0 bridgehead atoms. The maximum atomic E-state index is 12.9. The molecule has 3 aromatic rings. The van der Waals surface area contributed by atoms with Crippen LogP contribution in [0.4, 0.5) is 0 Å². The molecule has 22 heavy (non-hydrogen) atoms. The molecule has 3 heterocycles. The number of hydrogen-bond donors (Lipinski definition) is 1. The number of aromatic nitrogens is 3. The molecule has 0 spiro atoms. The zero-order chi connectivity index (χ0) is 15.1. The molecule has 2 aromatic heterocycles. The van der Waals surface area contributed by atoms with E-state index in [-0.39, 0.29) is 11.9 Å². The van der Waals surface area contributed by atoms with Crippen molar-refractivity contribution in [2.24, 2.45) is 7.05 Å². The lowest BCUT2D eigenvalue weighted by molar-refractivity contribution is 0.0730.